The van der Waals surface area contributed by atoms with Gasteiger partial charge in [-0.15, -0.1) is 15.3 Å². The van der Waals surface area contributed by atoms with Crippen molar-refractivity contribution >= 4 is 0 Å². The van der Waals surface area contributed by atoms with Gasteiger partial charge < -0.3 is 15.0 Å². The van der Waals surface area contributed by atoms with E-state index in [1.807, 2.05) is 4.57 Å². The van der Waals surface area contributed by atoms with Gasteiger partial charge in [0.15, 0.2) is 11.5 Å². The Hall–Kier alpha value is -1.80. The van der Waals surface area contributed by atoms with Gasteiger partial charge in [0.1, 0.15) is 6.33 Å². The van der Waals surface area contributed by atoms with Crippen molar-refractivity contribution in [2.75, 3.05) is 20.3 Å². The van der Waals surface area contributed by atoms with Gasteiger partial charge in [-0.1, -0.05) is 5.21 Å². The van der Waals surface area contributed by atoms with Crippen LogP contribution in [0.4, 0.5) is 0 Å². The molecule has 0 radical (unpaired) electrons. The fourth-order valence-electron chi connectivity index (χ4n) is 1.45. The molecule has 0 saturated heterocycles. The molecule has 2 aromatic heterocycles. The maximum Gasteiger partial charge on any atom is 0.186 e. The van der Waals surface area contributed by atoms with Crippen molar-refractivity contribution in [1.82, 2.24) is 29.8 Å². The third-order valence-electron chi connectivity index (χ3n) is 2.28. The lowest BCUT2D eigenvalue weighted by atomic mass is 10.4. The van der Waals surface area contributed by atoms with Crippen LogP contribution < -0.4 is 5.73 Å². The van der Waals surface area contributed by atoms with E-state index in [2.05, 4.69) is 20.5 Å². The zero-order valence-corrected chi connectivity index (χ0v) is 9.65. The summed E-state index contributed by atoms with van der Waals surface area (Å²) < 4.78 is 8.58. The van der Waals surface area contributed by atoms with Crippen LogP contribution in [0.25, 0.3) is 11.5 Å². The van der Waals surface area contributed by atoms with E-state index in [9.17, 15) is 0 Å². The van der Waals surface area contributed by atoms with E-state index < -0.39 is 0 Å². The summed E-state index contributed by atoms with van der Waals surface area (Å²) in [6.07, 6.45) is 3.45. The molecule has 0 fully saturated rings. The normalized spacial score (nSPS) is 10.9. The molecular formula is C9H15N7O. The SMILES string of the molecule is COCCn1cnnc1-c1cn(CCN)nn1. The highest BCUT2D eigenvalue weighted by Crippen LogP contribution is 2.12. The second-order valence-corrected chi connectivity index (χ2v) is 3.50. The average molecular weight is 237 g/mol. The third-order valence-corrected chi connectivity index (χ3v) is 2.28. The predicted molar refractivity (Wildman–Crippen MR) is 60.0 cm³/mol. The van der Waals surface area contributed by atoms with Gasteiger partial charge in [0.2, 0.25) is 0 Å². The molecule has 0 aliphatic rings. The first-order valence-electron chi connectivity index (χ1n) is 5.32. The molecule has 2 aromatic rings. The van der Waals surface area contributed by atoms with Crippen LogP contribution in [-0.4, -0.2) is 50.0 Å². The summed E-state index contributed by atoms with van der Waals surface area (Å²) in [6, 6.07) is 0. The standard InChI is InChI=1S/C9H15N7O/c1-17-5-4-15-7-11-13-9(15)8-6-16(3-2-10)14-12-8/h6-7H,2-5,10H2,1H3. The molecule has 0 spiro atoms. The van der Waals surface area contributed by atoms with Crippen LogP contribution in [0.2, 0.25) is 0 Å². The molecule has 92 valence electrons. The van der Waals surface area contributed by atoms with Crippen molar-refractivity contribution in [3.63, 3.8) is 0 Å². The Morgan fingerprint density at radius 1 is 1.35 bits per heavy atom. The Bertz CT molecular complexity index is 463. The Morgan fingerprint density at radius 3 is 3.00 bits per heavy atom. The first-order valence-corrected chi connectivity index (χ1v) is 5.32. The summed E-state index contributed by atoms with van der Waals surface area (Å²) in [5.41, 5.74) is 6.13. The molecule has 0 bridgehead atoms. The molecule has 17 heavy (non-hydrogen) atoms. The van der Waals surface area contributed by atoms with E-state index in [1.54, 1.807) is 24.3 Å². The van der Waals surface area contributed by atoms with Gasteiger partial charge in [-0.25, -0.2) is 0 Å². The molecule has 8 heteroatoms. The van der Waals surface area contributed by atoms with Gasteiger partial charge in [0.25, 0.3) is 0 Å². The fraction of sp³-hybridized carbons (Fsp3) is 0.556. The molecule has 0 atom stereocenters. The fourth-order valence-corrected chi connectivity index (χ4v) is 1.45. The van der Waals surface area contributed by atoms with Gasteiger partial charge >= 0.3 is 0 Å². The van der Waals surface area contributed by atoms with E-state index in [1.165, 1.54) is 0 Å². The van der Waals surface area contributed by atoms with Gasteiger partial charge in [0, 0.05) is 20.2 Å². The molecule has 0 amide bonds. The highest BCUT2D eigenvalue weighted by atomic mass is 16.5. The van der Waals surface area contributed by atoms with Crippen LogP contribution in [0.15, 0.2) is 12.5 Å². The van der Waals surface area contributed by atoms with Crippen molar-refractivity contribution in [2.45, 2.75) is 13.1 Å². The lowest BCUT2D eigenvalue weighted by Gasteiger charge is -2.02. The van der Waals surface area contributed by atoms with E-state index in [0.29, 0.717) is 37.8 Å². The predicted octanol–water partition coefficient (Wildman–Crippen LogP) is -0.858. The number of aromatic nitrogens is 6. The molecule has 0 aliphatic carbocycles. The third kappa shape index (κ3) is 2.66. The zero-order valence-electron chi connectivity index (χ0n) is 9.65. The van der Waals surface area contributed by atoms with Crippen LogP contribution in [-0.2, 0) is 17.8 Å². The number of rotatable bonds is 6. The minimum absolute atomic E-state index is 0.527. The number of nitrogens with zero attached hydrogens (tertiary/aromatic N) is 6. The monoisotopic (exact) mass is 237 g/mol. The first kappa shape index (κ1) is 11.7. The van der Waals surface area contributed by atoms with Crippen molar-refractivity contribution in [2.24, 2.45) is 5.73 Å². The maximum absolute atomic E-state index is 5.45. The molecule has 0 aromatic carbocycles. The van der Waals surface area contributed by atoms with Crippen LogP contribution in [0, 0.1) is 0 Å². The van der Waals surface area contributed by atoms with E-state index in [0.717, 1.165) is 0 Å². The first-order chi connectivity index (χ1) is 8.35. The maximum atomic E-state index is 5.45. The average Bonchev–Trinajstić information content (AvgIpc) is 2.94. The number of nitrogens with two attached hydrogens (primary N) is 1. The quantitative estimate of drug-likeness (QED) is 0.702. The smallest absolute Gasteiger partial charge is 0.186 e. The summed E-state index contributed by atoms with van der Waals surface area (Å²) in [5, 5.41) is 15.9. The van der Waals surface area contributed by atoms with E-state index in [4.69, 9.17) is 10.5 Å². The summed E-state index contributed by atoms with van der Waals surface area (Å²) in [5.74, 6) is 0.685. The number of methoxy groups -OCH3 is 1. The van der Waals surface area contributed by atoms with Crippen molar-refractivity contribution in [1.29, 1.82) is 0 Å². The number of hydrogen-bond acceptors (Lipinski definition) is 6. The minimum atomic E-state index is 0.527. The lowest BCUT2D eigenvalue weighted by Crippen LogP contribution is -2.10. The molecule has 0 aliphatic heterocycles. The van der Waals surface area contributed by atoms with E-state index in [-0.39, 0.29) is 0 Å². The largest absolute Gasteiger partial charge is 0.383 e. The Balaban J connectivity index is 2.17. The molecule has 0 saturated carbocycles. The lowest BCUT2D eigenvalue weighted by molar-refractivity contribution is 0.187. The molecule has 2 rings (SSSR count). The topological polar surface area (TPSA) is 96.7 Å². The molecule has 2 heterocycles. The summed E-state index contributed by atoms with van der Waals surface area (Å²) >= 11 is 0. The molecular weight excluding hydrogens is 222 g/mol. The van der Waals surface area contributed by atoms with Gasteiger partial charge in [0.05, 0.1) is 19.3 Å². The van der Waals surface area contributed by atoms with Crippen LogP contribution in [0.5, 0.6) is 0 Å². The number of hydrogen-bond donors (Lipinski definition) is 1. The van der Waals surface area contributed by atoms with Gasteiger partial charge in [-0.3, -0.25) is 4.68 Å². The molecule has 8 nitrogen and oxygen atoms in total. The summed E-state index contributed by atoms with van der Waals surface area (Å²) in [6.45, 7) is 2.45. The van der Waals surface area contributed by atoms with Crippen molar-refractivity contribution < 1.29 is 4.74 Å². The second kappa shape index (κ2) is 5.51. The van der Waals surface area contributed by atoms with E-state index >= 15 is 0 Å². The highest BCUT2D eigenvalue weighted by Gasteiger charge is 2.11. The van der Waals surface area contributed by atoms with Crippen LogP contribution in [0.3, 0.4) is 0 Å². The Labute approximate surface area is 98.4 Å². The minimum Gasteiger partial charge on any atom is -0.383 e. The molecule has 2 N–H and O–H groups in total. The van der Waals surface area contributed by atoms with Gasteiger partial charge in [-0.05, 0) is 0 Å². The Kier molecular flexibility index (Phi) is 3.78. The second-order valence-electron chi connectivity index (χ2n) is 3.50. The van der Waals surface area contributed by atoms with Crippen LogP contribution >= 0.6 is 0 Å². The van der Waals surface area contributed by atoms with Gasteiger partial charge in [-0.2, -0.15) is 0 Å². The molecule has 0 unspecified atom stereocenters. The van der Waals surface area contributed by atoms with Crippen molar-refractivity contribution in [3.05, 3.63) is 12.5 Å². The van der Waals surface area contributed by atoms with Crippen LogP contribution in [0.1, 0.15) is 0 Å². The summed E-state index contributed by atoms with van der Waals surface area (Å²) in [4.78, 5) is 0. The number of ether oxygens (including phenoxy) is 1. The highest BCUT2D eigenvalue weighted by molar-refractivity contribution is 5.46. The zero-order chi connectivity index (χ0) is 12.1. The van der Waals surface area contributed by atoms with Crippen molar-refractivity contribution in [3.8, 4) is 11.5 Å². The Morgan fingerprint density at radius 2 is 2.24 bits per heavy atom. The summed E-state index contributed by atoms with van der Waals surface area (Å²) in [7, 11) is 1.65.